The summed E-state index contributed by atoms with van der Waals surface area (Å²) in [6.45, 7) is 9.44. The minimum atomic E-state index is -0.193. The van der Waals surface area contributed by atoms with Crippen LogP contribution in [0.5, 0.6) is 0 Å². The van der Waals surface area contributed by atoms with E-state index >= 15 is 0 Å². The molecule has 3 heteroatoms. The molecule has 0 aromatic heterocycles. The molecule has 0 bridgehead atoms. The third-order valence-electron chi connectivity index (χ3n) is 4.44. The maximum absolute atomic E-state index is 10.5. The minimum Gasteiger partial charge on any atom is -0.391 e. The van der Waals surface area contributed by atoms with Crippen molar-refractivity contribution >= 4 is 0 Å². The second-order valence-electron chi connectivity index (χ2n) is 6.42. The van der Waals surface area contributed by atoms with Crippen molar-refractivity contribution < 1.29 is 9.84 Å². The molecule has 1 aliphatic heterocycles. The van der Waals surface area contributed by atoms with E-state index in [0.717, 1.165) is 39.0 Å². The van der Waals surface area contributed by atoms with Crippen molar-refractivity contribution in [2.45, 2.75) is 64.7 Å². The van der Waals surface area contributed by atoms with Crippen LogP contribution in [0, 0.1) is 5.41 Å². The maximum Gasteiger partial charge on any atom is 0.0746 e. The van der Waals surface area contributed by atoms with E-state index in [1.165, 1.54) is 6.42 Å². The third-order valence-corrected chi connectivity index (χ3v) is 4.44. The zero-order valence-corrected chi connectivity index (χ0v) is 11.5. The molecule has 2 rings (SSSR count). The molecule has 0 radical (unpaired) electrons. The molecule has 3 unspecified atom stereocenters. The molecule has 0 aromatic carbocycles. The van der Waals surface area contributed by atoms with E-state index in [-0.39, 0.29) is 11.5 Å². The molecule has 1 N–H and O–H groups in total. The van der Waals surface area contributed by atoms with Gasteiger partial charge in [-0.2, -0.15) is 0 Å². The van der Waals surface area contributed by atoms with Gasteiger partial charge in [-0.25, -0.2) is 0 Å². The van der Waals surface area contributed by atoms with Crippen LogP contribution in [-0.4, -0.2) is 48.0 Å². The molecule has 0 spiro atoms. The molecule has 0 amide bonds. The van der Waals surface area contributed by atoms with Gasteiger partial charge >= 0.3 is 0 Å². The molecule has 3 atom stereocenters. The highest BCUT2D eigenvalue weighted by Crippen LogP contribution is 2.38. The molecule has 1 saturated heterocycles. The molecule has 2 fully saturated rings. The molecule has 1 saturated carbocycles. The van der Waals surface area contributed by atoms with E-state index in [9.17, 15) is 5.11 Å². The summed E-state index contributed by atoms with van der Waals surface area (Å²) in [6.07, 6.45) is 4.72. The van der Waals surface area contributed by atoms with Crippen LogP contribution in [0.3, 0.4) is 0 Å². The lowest BCUT2D eigenvalue weighted by molar-refractivity contribution is -0.0615. The first kappa shape index (κ1) is 13.3. The van der Waals surface area contributed by atoms with Crippen LogP contribution in [0.1, 0.15) is 46.5 Å². The van der Waals surface area contributed by atoms with Gasteiger partial charge in [-0.1, -0.05) is 20.3 Å². The van der Waals surface area contributed by atoms with E-state index in [0.29, 0.717) is 12.1 Å². The van der Waals surface area contributed by atoms with Gasteiger partial charge in [0.2, 0.25) is 0 Å². The number of ether oxygens (including phenoxy) is 1. The van der Waals surface area contributed by atoms with Crippen LogP contribution < -0.4 is 0 Å². The summed E-state index contributed by atoms with van der Waals surface area (Å²) in [7, 11) is 0. The average molecular weight is 241 g/mol. The number of hydrogen-bond acceptors (Lipinski definition) is 3. The number of rotatable bonds is 1. The Balaban J connectivity index is 2.04. The summed E-state index contributed by atoms with van der Waals surface area (Å²) in [4.78, 5) is 2.46. The van der Waals surface area contributed by atoms with Crippen molar-refractivity contribution in [3.8, 4) is 0 Å². The van der Waals surface area contributed by atoms with E-state index in [1.54, 1.807) is 0 Å². The largest absolute Gasteiger partial charge is 0.391 e. The second kappa shape index (κ2) is 5.25. The van der Waals surface area contributed by atoms with Crippen molar-refractivity contribution in [1.29, 1.82) is 0 Å². The summed E-state index contributed by atoms with van der Waals surface area (Å²) in [5, 5.41) is 10.5. The Bertz CT molecular complexity index is 255. The fourth-order valence-corrected chi connectivity index (χ4v) is 3.30. The molecular formula is C14H27NO2. The third kappa shape index (κ3) is 3.01. The Morgan fingerprint density at radius 1 is 1.29 bits per heavy atom. The molecule has 17 heavy (non-hydrogen) atoms. The van der Waals surface area contributed by atoms with Crippen LogP contribution in [0.2, 0.25) is 0 Å². The van der Waals surface area contributed by atoms with E-state index in [2.05, 4.69) is 25.7 Å². The summed E-state index contributed by atoms with van der Waals surface area (Å²) >= 11 is 0. The van der Waals surface area contributed by atoms with Crippen molar-refractivity contribution in [3.63, 3.8) is 0 Å². The average Bonchev–Trinajstić information content (AvgIpc) is 2.47. The number of aliphatic hydroxyl groups excluding tert-OH is 1. The highest BCUT2D eigenvalue weighted by atomic mass is 16.5. The first-order chi connectivity index (χ1) is 8.00. The summed E-state index contributed by atoms with van der Waals surface area (Å²) in [5.74, 6) is 0. The van der Waals surface area contributed by atoms with E-state index in [4.69, 9.17) is 4.74 Å². The molecule has 1 heterocycles. The zero-order chi connectivity index (χ0) is 12.5. The number of aliphatic hydroxyl groups is 1. The Hall–Kier alpha value is -0.120. The fourth-order valence-electron chi connectivity index (χ4n) is 3.30. The van der Waals surface area contributed by atoms with Gasteiger partial charge in [-0.05, 0) is 31.6 Å². The van der Waals surface area contributed by atoms with Gasteiger partial charge in [0.15, 0.2) is 0 Å². The van der Waals surface area contributed by atoms with Crippen molar-refractivity contribution in [1.82, 2.24) is 4.90 Å². The standard InChI is InChI=1S/C14H27NO2/c1-11-10-15(8-5-9-17-11)12-6-4-7-14(2,3)13(12)16/h11-13,16H,4-10H2,1-3H3. The van der Waals surface area contributed by atoms with Gasteiger partial charge in [-0.3, -0.25) is 4.90 Å². The maximum atomic E-state index is 10.5. The van der Waals surface area contributed by atoms with Gasteiger partial charge < -0.3 is 9.84 Å². The molecule has 3 nitrogen and oxygen atoms in total. The van der Waals surface area contributed by atoms with Crippen molar-refractivity contribution in [2.75, 3.05) is 19.7 Å². The van der Waals surface area contributed by atoms with Gasteiger partial charge in [-0.15, -0.1) is 0 Å². The summed E-state index contributed by atoms with van der Waals surface area (Å²) in [5.41, 5.74) is 0.0688. The lowest BCUT2D eigenvalue weighted by Crippen LogP contribution is -2.53. The normalized spacial score (nSPS) is 39.9. The van der Waals surface area contributed by atoms with Crippen LogP contribution >= 0.6 is 0 Å². The molecule has 1 aliphatic carbocycles. The topological polar surface area (TPSA) is 32.7 Å². The lowest BCUT2D eigenvalue weighted by Gasteiger charge is -2.45. The Kier molecular flexibility index (Phi) is 4.11. The van der Waals surface area contributed by atoms with Crippen molar-refractivity contribution in [2.24, 2.45) is 5.41 Å². The molecule has 100 valence electrons. The predicted octanol–water partition coefficient (Wildman–Crippen LogP) is 2.04. The Morgan fingerprint density at radius 2 is 2.06 bits per heavy atom. The Labute approximate surface area is 105 Å². The quantitative estimate of drug-likeness (QED) is 0.762. The highest BCUT2D eigenvalue weighted by Gasteiger charge is 2.40. The molecular weight excluding hydrogens is 214 g/mol. The zero-order valence-electron chi connectivity index (χ0n) is 11.5. The van der Waals surface area contributed by atoms with E-state index in [1.807, 2.05) is 0 Å². The first-order valence-electron chi connectivity index (χ1n) is 7.04. The fraction of sp³-hybridized carbons (Fsp3) is 1.00. The lowest BCUT2D eigenvalue weighted by atomic mass is 9.72. The summed E-state index contributed by atoms with van der Waals surface area (Å²) < 4.78 is 5.69. The second-order valence-corrected chi connectivity index (χ2v) is 6.42. The van der Waals surface area contributed by atoms with Gasteiger partial charge in [0.1, 0.15) is 0 Å². The van der Waals surface area contributed by atoms with Crippen molar-refractivity contribution in [3.05, 3.63) is 0 Å². The molecule has 0 aromatic rings. The van der Waals surface area contributed by atoms with Gasteiger partial charge in [0, 0.05) is 25.7 Å². The minimum absolute atomic E-state index is 0.0688. The predicted molar refractivity (Wildman–Crippen MR) is 69.0 cm³/mol. The highest BCUT2D eigenvalue weighted by molar-refractivity contribution is 4.94. The smallest absolute Gasteiger partial charge is 0.0746 e. The number of hydrogen-bond donors (Lipinski definition) is 1. The van der Waals surface area contributed by atoms with E-state index < -0.39 is 0 Å². The number of nitrogens with zero attached hydrogens (tertiary/aromatic N) is 1. The van der Waals surface area contributed by atoms with Gasteiger partial charge in [0.25, 0.3) is 0 Å². The van der Waals surface area contributed by atoms with Crippen LogP contribution in [0.15, 0.2) is 0 Å². The van der Waals surface area contributed by atoms with Crippen LogP contribution in [-0.2, 0) is 4.74 Å². The SMILES string of the molecule is CC1CN(C2CCCC(C)(C)C2O)CCCO1. The monoisotopic (exact) mass is 241 g/mol. The Morgan fingerprint density at radius 3 is 2.82 bits per heavy atom. The van der Waals surface area contributed by atoms with Gasteiger partial charge in [0.05, 0.1) is 12.2 Å². The summed E-state index contributed by atoms with van der Waals surface area (Å²) in [6, 6.07) is 0.336. The molecule has 2 aliphatic rings. The van der Waals surface area contributed by atoms with Crippen LogP contribution in [0.4, 0.5) is 0 Å². The van der Waals surface area contributed by atoms with Crippen LogP contribution in [0.25, 0.3) is 0 Å². The first-order valence-corrected chi connectivity index (χ1v) is 7.04.